The Hall–Kier alpha value is -3.53. The van der Waals surface area contributed by atoms with E-state index in [0.29, 0.717) is 11.4 Å². The molecule has 188 valence electrons. The molecule has 0 aliphatic rings. The van der Waals surface area contributed by atoms with E-state index in [1.54, 1.807) is 0 Å². The lowest BCUT2D eigenvalue weighted by Crippen LogP contribution is -2.32. The van der Waals surface area contributed by atoms with Crippen LogP contribution in [0.3, 0.4) is 0 Å². The van der Waals surface area contributed by atoms with Crippen molar-refractivity contribution in [1.82, 2.24) is 0 Å². The van der Waals surface area contributed by atoms with E-state index < -0.39 is 17.7 Å². The van der Waals surface area contributed by atoms with E-state index in [4.69, 9.17) is 9.32 Å². The lowest BCUT2D eigenvalue weighted by atomic mass is 10.0. The largest absolute Gasteiger partial charge is 0.324 e. The zero-order valence-corrected chi connectivity index (χ0v) is 22.0. The summed E-state index contributed by atoms with van der Waals surface area (Å²) >= 11 is 1.05. The summed E-state index contributed by atoms with van der Waals surface area (Å²) in [5, 5.41) is 11.1. The van der Waals surface area contributed by atoms with Crippen LogP contribution in [0.5, 0.6) is 0 Å². The highest BCUT2D eigenvalue weighted by molar-refractivity contribution is 7.94. The molecular weight excluding hydrogens is 476 g/mol. The van der Waals surface area contributed by atoms with Crippen molar-refractivity contribution in [1.29, 1.82) is 0 Å². The number of para-hydroxylation sites is 1. The van der Waals surface area contributed by atoms with E-state index in [0.717, 1.165) is 50.4 Å². The fourth-order valence-corrected chi connectivity index (χ4v) is 3.89. The van der Waals surface area contributed by atoms with Crippen LogP contribution in [0.25, 0.3) is 0 Å². The molecule has 9 heteroatoms. The average Bonchev–Trinajstić information content (AvgIpc) is 2.83. The molecule has 0 aliphatic carbocycles. The number of carbonyl (C=O) groups is 2. The van der Waals surface area contributed by atoms with Gasteiger partial charge in [-0.1, -0.05) is 24.3 Å². The van der Waals surface area contributed by atoms with Gasteiger partial charge in [0, 0.05) is 10.6 Å². The quantitative estimate of drug-likeness (QED) is 0.0775. The van der Waals surface area contributed by atoms with E-state index in [-0.39, 0.29) is 0 Å². The van der Waals surface area contributed by atoms with E-state index in [1.807, 2.05) is 89.2 Å². The van der Waals surface area contributed by atoms with Crippen molar-refractivity contribution in [3.05, 3.63) is 82.4 Å². The van der Waals surface area contributed by atoms with Crippen LogP contribution in [0.2, 0.25) is 0 Å². The monoisotopic (exact) mass is 506 g/mol. The van der Waals surface area contributed by atoms with Gasteiger partial charge in [-0.05, 0) is 99.7 Å². The highest BCUT2D eigenvalue weighted by Crippen LogP contribution is 2.31. The summed E-state index contributed by atoms with van der Waals surface area (Å²) in [6.45, 7) is 11.0. The van der Waals surface area contributed by atoms with E-state index in [1.165, 1.54) is 6.92 Å². The molecule has 0 radical (unpaired) electrons. The second kappa shape index (κ2) is 12.4. The number of hydrogen-bond donors (Lipinski definition) is 2. The molecule has 0 saturated carbocycles. The van der Waals surface area contributed by atoms with E-state index >= 15 is 0 Å². The third-order valence-corrected chi connectivity index (χ3v) is 6.35. The molecule has 36 heavy (non-hydrogen) atoms. The summed E-state index contributed by atoms with van der Waals surface area (Å²) in [5.74, 6) is -0.911. The second-order valence-electron chi connectivity index (χ2n) is 8.58. The number of carbonyl (C=O) groups excluding carboxylic acids is 2. The third-order valence-electron chi connectivity index (χ3n) is 5.60. The number of amides is 1. The maximum atomic E-state index is 12.9. The van der Waals surface area contributed by atoms with Crippen LogP contribution in [-0.4, -0.2) is 17.7 Å². The summed E-state index contributed by atoms with van der Waals surface area (Å²) in [7, 11) is 0. The summed E-state index contributed by atoms with van der Waals surface area (Å²) in [5.41, 5.74) is 9.44. The first-order chi connectivity index (χ1) is 17.2. The van der Waals surface area contributed by atoms with Crippen LogP contribution >= 0.6 is 12.0 Å². The molecule has 1 unspecified atom stereocenters. The highest BCUT2D eigenvalue weighted by Gasteiger charge is 2.24. The topological polar surface area (TPSA) is 101 Å². The molecule has 1 atom stereocenters. The Kier molecular flexibility index (Phi) is 9.35. The van der Waals surface area contributed by atoms with Crippen LogP contribution in [0.4, 0.5) is 17.1 Å². The molecule has 2 N–H and O–H groups in total. The molecule has 3 rings (SSSR count). The Morgan fingerprint density at radius 1 is 0.861 bits per heavy atom. The van der Waals surface area contributed by atoms with Crippen LogP contribution in [-0.2, 0) is 18.9 Å². The maximum Gasteiger partial charge on any atom is 0.258 e. The van der Waals surface area contributed by atoms with Gasteiger partial charge in [-0.15, -0.1) is 9.32 Å². The minimum atomic E-state index is -1.25. The molecular formula is C27H30N4O4S. The Labute approximate surface area is 215 Å². The summed E-state index contributed by atoms with van der Waals surface area (Å²) < 4.78 is 5.20. The summed E-state index contributed by atoms with van der Waals surface area (Å²) in [6, 6.07) is 15.7. The number of aryl methyl sites for hydroxylation is 5. The van der Waals surface area contributed by atoms with Gasteiger partial charge in [0.1, 0.15) is 0 Å². The van der Waals surface area contributed by atoms with Gasteiger partial charge in [0.05, 0.1) is 23.4 Å². The zero-order chi connectivity index (χ0) is 26.2. The minimum Gasteiger partial charge on any atom is -0.324 e. The number of nitrogens with one attached hydrogen (secondary N) is 2. The van der Waals surface area contributed by atoms with Gasteiger partial charge in [0.2, 0.25) is 6.04 Å². The SMILES string of the molecule is CC(=O)C(N=Nc1cc(C)c(SOONc2ccccc2)cc1C)C(=O)Nc1cc(C)c(C)cc1C. The van der Waals surface area contributed by atoms with Crippen molar-refractivity contribution in [3.8, 4) is 0 Å². The van der Waals surface area contributed by atoms with Gasteiger partial charge in [-0.25, -0.2) is 5.48 Å². The Morgan fingerprint density at radius 3 is 2.25 bits per heavy atom. The molecule has 3 aromatic carbocycles. The molecule has 0 saturated heterocycles. The first-order valence-corrected chi connectivity index (χ1v) is 12.1. The van der Waals surface area contributed by atoms with Gasteiger partial charge < -0.3 is 5.32 Å². The number of rotatable bonds is 10. The van der Waals surface area contributed by atoms with Crippen molar-refractivity contribution < 1.29 is 18.9 Å². The number of nitrogens with zero attached hydrogens (tertiary/aromatic N) is 2. The molecule has 0 bridgehead atoms. The molecule has 0 heterocycles. The number of Topliss-reactive ketones (excluding diaryl/α,β-unsaturated/α-hetero) is 1. The predicted octanol–water partition coefficient (Wildman–Crippen LogP) is 6.89. The Balaban J connectivity index is 1.66. The van der Waals surface area contributed by atoms with Crippen molar-refractivity contribution in [2.45, 2.75) is 52.5 Å². The summed E-state index contributed by atoms with van der Waals surface area (Å²) in [6.07, 6.45) is 0. The number of anilines is 2. The Bertz CT molecular complexity index is 1280. The fourth-order valence-electron chi connectivity index (χ4n) is 3.33. The van der Waals surface area contributed by atoms with Gasteiger partial charge in [0.25, 0.3) is 5.91 Å². The molecule has 0 aromatic heterocycles. The lowest BCUT2D eigenvalue weighted by molar-refractivity contribution is -0.161. The average molecular weight is 507 g/mol. The maximum absolute atomic E-state index is 12.9. The van der Waals surface area contributed by atoms with Crippen LogP contribution in [0.15, 0.2) is 69.7 Å². The van der Waals surface area contributed by atoms with Crippen molar-refractivity contribution in [3.63, 3.8) is 0 Å². The Morgan fingerprint density at radius 2 is 1.56 bits per heavy atom. The first-order valence-electron chi connectivity index (χ1n) is 11.4. The van der Waals surface area contributed by atoms with Gasteiger partial charge in [0.15, 0.2) is 5.78 Å². The van der Waals surface area contributed by atoms with E-state index in [9.17, 15) is 9.59 Å². The molecule has 0 spiro atoms. The standard InChI is InChI=1S/C27H30N4O4S/c1-16-12-18(3)23(13-17(16)2)28-27(33)26(21(6)32)30-29-24-14-20(5)25(15-19(24)4)36-35-34-31-22-10-8-7-9-11-22/h7-15,26,31H,1-6H3,(H,28,33). The van der Waals surface area contributed by atoms with Crippen molar-refractivity contribution >= 4 is 40.8 Å². The zero-order valence-electron chi connectivity index (χ0n) is 21.2. The second-order valence-corrected chi connectivity index (χ2v) is 9.32. The highest BCUT2D eigenvalue weighted by atomic mass is 32.2. The number of azo groups is 1. The fraction of sp³-hybridized carbons (Fsp3) is 0.259. The predicted molar refractivity (Wildman–Crippen MR) is 142 cm³/mol. The molecule has 1 amide bonds. The minimum absolute atomic E-state index is 0.393. The van der Waals surface area contributed by atoms with Crippen LogP contribution in [0.1, 0.15) is 34.7 Å². The van der Waals surface area contributed by atoms with Gasteiger partial charge in [-0.2, -0.15) is 10.2 Å². The molecule has 0 fully saturated rings. The number of ketones is 1. The van der Waals surface area contributed by atoms with Gasteiger partial charge >= 0.3 is 0 Å². The molecule has 3 aromatic rings. The lowest BCUT2D eigenvalue weighted by Gasteiger charge is -2.14. The van der Waals surface area contributed by atoms with Crippen molar-refractivity contribution in [2.24, 2.45) is 10.2 Å². The molecule has 8 nitrogen and oxygen atoms in total. The number of benzene rings is 3. The van der Waals surface area contributed by atoms with Crippen LogP contribution < -0.4 is 10.8 Å². The third kappa shape index (κ3) is 7.24. The smallest absolute Gasteiger partial charge is 0.258 e. The number of hydrogen-bond acceptors (Lipinski definition) is 8. The normalized spacial score (nSPS) is 11.9. The van der Waals surface area contributed by atoms with Crippen LogP contribution in [0, 0.1) is 34.6 Å². The van der Waals surface area contributed by atoms with Gasteiger partial charge in [-0.3, -0.25) is 9.59 Å². The first kappa shape index (κ1) is 27.1. The van der Waals surface area contributed by atoms with Crippen molar-refractivity contribution in [2.75, 3.05) is 10.8 Å². The summed E-state index contributed by atoms with van der Waals surface area (Å²) in [4.78, 5) is 30.9. The molecule has 0 aliphatic heterocycles. The van der Waals surface area contributed by atoms with E-state index in [2.05, 4.69) is 21.0 Å².